The smallest absolute Gasteiger partial charge is 0.293 e. The molecule has 174 valence electrons. The highest BCUT2D eigenvalue weighted by molar-refractivity contribution is 9.11. The number of nitrogens with zero attached hydrogens (tertiary/aromatic N) is 1. The van der Waals surface area contributed by atoms with Gasteiger partial charge >= 0.3 is 0 Å². The first-order chi connectivity index (χ1) is 16.2. The predicted octanol–water partition coefficient (Wildman–Crippen LogP) is 8.47. The number of thioether (sulfide) groups is 1. The second-order valence-corrected chi connectivity index (χ2v) is 10.7. The summed E-state index contributed by atoms with van der Waals surface area (Å²) < 4.78 is 21.4. The van der Waals surface area contributed by atoms with Crippen LogP contribution in [0.5, 0.6) is 5.75 Å². The molecule has 4 nitrogen and oxygen atoms in total. The van der Waals surface area contributed by atoms with Crippen LogP contribution in [-0.4, -0.2) is 16.0 Å². The number of imide groups is 1. The molecular weight excluding hydrogens is 632 g/mol. The van der Waals surface area contributed by atoms with Crippen molar-refractivity contribution in [2.75, 3.05) is 0 Å². The normalized spacial score (nSPS) is 14.9. The number of carbonyl (C=O) groups excluding carboxylic acids is 2. The van der Waals surface area contributed by atoms with E-state index in [1.54, 1.807) is 30.3 Å². The van der Waals surface area contributed by atoms with Gasteiger partial charge in [0.05, 0.1) is 20.4 Å². The summed E-state index contributed by atoms with van der Waals surface area (Å²) in [6.45, 7) is 0.101. The maximum Gasteiger partial charge on any atom is 0.293 e. The van der Waals surface area contributed by atoms with Crippen molar-refractivity contribution in [3.05, 3.63) is 101 Å². The summed E-state index contributed by atoms with van der Waals surface area (Å²) in [5, 5.41) is 0.318. The topological polar surface area (TPSA) is 46.6 Å². The lowest BCUT2D eigenvalue weighted by Gasteiger charge is -2.14. The van der Waals surface area contributed by atoms with Crippen molar-refractivity contribution in [3.63, 3.8) is 0 Å². The molecule has 10 heteroatoms. The number of hydrogen-bond acceptors (Lipinski definition) is 4. The molecule has 1 aliphatic heterocycles. The minimum Gasteiger partial charge on any atom is -0.487 e. The largest absolute Gasteiger partial charge is 0.487 e. The fourth-order valence-corrected chi connectivity index (χ4v) is 5.80. The first-order valence-electron chi connectivity index (χ1n) is 9.77. The SMILES string of the molecule is O=C1S/C(=C\c2cc(Br)c(OCc3ccc(Cl)cc3)c(Br)c2)C(=O)N1Cc1c(F)cccc1Cl. The number of halogens is 5. The van der Waals surface area contributed by atoms with Gasteiger partial charge in [-0.05, 0) is 97.2 Å². The van der Waals surface area contributed by atoms with Crippen molar-refractivity contribution in [2.45, 2.75) is 13.2 Å². The van der Waals surface area contributed by atoms with E-state index < -0.39 is 17.0 Å². The van der Waals surface area contributed by atoms with Crippen molar-refractivity contribution in [1.82, 2.24) is 4.90 Å². The molecule has 1 fully saturated rings. The van der Waals surface area contributed by atoms with Crippen LogP contribution in [0.3, 0.4) is 0 Å². The Morgan fingerprint density at radius 2 is 1.71 bits per heavy atom. The number of carbonyl (C=O) groups is 2. The van der Waals surface area contributed by atoms with Crippen LogP contribution in [-0.2, 0) is 17.9 Å². The molecule has 1 heterocycles. The summed E-state index contributed by atoms with van der Waals surface area (Å²) in [6.07, 6.45) is 1.60. The van der Waals surface area contributed by atoms with Crippen molar-refractivity contribution in [2.24, 2.45) is 0 Å². The Bertz CT molecular complexity index is 1270. The second kappa shape index (κ2) is 10.8. The van der Waals surface area contributed by atoms with Gasteiger partial charge in [0.1, 0.15) is 18.2 Å². The van der Waals surface area contributed by atoms with E-state index >= 15 is 0 Å². The van der Waals surface area contributed by atoms with Crippen LogP contribution in [0.1, 0.15) is 16.7 Å². The molecule has 1 aliphatic rings. The van der Waals surface area contributed by atoms with Crippen molar-refractivity contribution < 1.29 is 18.7 Å². The number of ether oxygens (including phenoxy) is 1. The first-order valence-corrected chi connectivity index (χ1v) is 12.9. The van der Waals surface area contributed by atoms with Gasteiger partial charge in [0.15, 0.2) is 0 Å². The minimum atomic E-state index is -0.572. The average Bonchev–Trinajstić information content (AvgIpc) is 3.04. The monoisotopic (exact) mass is 643 g/mol. The van der Waals surface area contributed by atoms with Gasteiger partial charge in [0.25, 0.3) is 11.1 Å². The van der Waals surface area contributed by atoms with E-state index in [0.717, 1.165) is 22.2 Å². The summed E-state index contributed by atoms with van der Waals surface area (Å²) in [7, 11) is 0. The van der Waals surface area contributed by atoms with Gasteiger partial charge in [-0.3, -0.25) is 14.5 Å². The zero-order valence-electron chi connectivity index (χ0n) is 17.2. The van der Waals surface area contributed by atoms with Gasteiger partial charge in [-0.25, -0.2) is 4.39 Å². The molecule has 0 N–H and O–H groups in total. The fourth-order valence-electron chi connectivity index (χ4n) is 3.17. The van der Waals surface area contributed by atoms with Gasteiger partial charge in [0.2, 0.25) is 0 Å². The summed E-state index contributed by atoms with van der Waals surface area (Å²) in [6, 6.07) is 15.1. The van der Waals surface area contributed by atoms with Crippen LogP contribution in [0, 0.1) is 5.82 Å². The van der Waals surface area contributed by atoms with Crippen LogP contribution < -0.4 is 4.74 Å². The molecule has 1 saturated heterocycles. The molecule has 0 atom stereocenters. The van der Waals surface area contributed by atoms with Gasteiger partial charge in [-0.2, -0.15) is 0 Å². The van der Waals surface area contributed by atoms with E-state index in [1.807, 2.05) is 12.1 Å². The highest BCUT2D eigenvalue weighted by atomic mass is 79.9. The first kappa shape index (κ1) is 25.3. The van der Waals surface area contributed by atoms with Crippen LogP contribution in [0.25, 0.3) is 6.08 Å². The van der Waals surface area contributed by atoms with Crippen molar-refractivity contribution in [3.8, 4) is 5.75 Å². The second-order valence-electron chi connectivity index (χ2n) is 7.20. The summed E-state index contributed by atoms with van der Waals surface area (Å²) >= 11 is 19.8. The van der Waals surface area contributed by atoms with Crippen LogP contribution in [0.2, 0.25) is 10.0 Å². The Labute approximate surface area is 226 Å². The number of amides is 2. The van der Waals surface area contributed by atoms with Crippen molar-refractivity contribution in [1.29, 1.82) is 0 Å². The highest BCUT2D eigenvalue weighted by Gasteiger charge is 2.36. The zero-order valence-corrected chi connectivity index (χ0v) is 22.7. The third-order valence-corrected chi connectivity index (χ3v) is 7.56. The van der Waals surface area contributed by atoms with E-state index in [4.69, 9.17) is 27.9 Å². The molecule has 3 aromatic carbocycles. The summed E-state index contributed by atoms with van der Waals surface area (Å²) in [5.74, 6) is -0.489. The predicted molar refractivity (Wildman–Crippen MR) is 141 cm³/mol. The Kier molecular flexibility index (Phi) is 8.05. The molecule has 3 aromatic rings. The molecule has 0 bridgehead atoms. The number of benzene rings is 3. The van der Waals surface area contributed by atoms with Gasteiger partial charge in [0, 0.05) is 15.6 Å². The highest BCUT2D eigenvalue weighted by Crippen LogP contribution is 2.39. The van der Waals surface area contributed by atoms with Crippen molar-refractivity contribution >= 4 is 84.0 Å². The van der Waals surface area contributed by atoms with E-state index in [1.165, 1.54) is 18.2 Å². The molecule has 4 rings (SSSR count). The Morgan fingerprint density at radius 3 is 2.35 bits per heavy atom. The number of rotatable bonds is 6. The Balaban J connectivity index is 1.51. The van der Waals surface area contributed by atoms with E-state index in [-0.39, 0.29) is 22.0 Å². The maximum atomic E-state index is 14.1. The van der Waals surface area contributed by atoms with E-state index in [0.29, 0.717) is 31.9 Å². The molecule has 0 aliphatic carbocycles. The lowest BCUT2D eigenvalue weighted by Crippen LogP contribution is -2.28. The molecule has 0 aromatic heterocycles. The quantitative estimate of drug-likeness (QED) is 0.252. The lowest BCUT2D eigenvalue weighted by molar-refractivity contribution is -0.123. The number of hydrogen-bond donors (Lipinski definition) is 0. The molecule has 0 spiro atoms. The third-order valence-electron chi connectivity index (χ3n) is 4.87. The summed E-state index contributed by atoms with van der Waals surface area (Å²) in [4.78, 5) is 26.5. The zero-order chi connectivity index (χ0) is 24.4. The molecular formula is C24H14Br2Cl2FNO3S. The Hall–Kier alpha value is -1.84. The molecule has 34 heavy (non-hydrogen) atoms. The maximum absolute atomic E-state index is 14.1. The van der Waals surface area contributed by atoms with E-state index in [9.17, 15) is 14.0 Å². The fraction of sp³-hybridized carbons (Fsp3) is 0.0833. The standard InChI is InChI=1S/C24H14Br2Cl2FNO3S/c25-17-8-14(9-18(26)22(17)33-12-13-4-6-15(27)7-5-13)10-21-23(31)30(24(32)34-21)11-16-19(28)2-1-3-20(16)29/h1-10H,11-12H2/b21-10-. The lowest BCUT2D eigenvalue weighted by atomic mass is 10.2. The average molecular weight is 646 g/mol. The molecule has 0 unspecified atom stereocenters. The van der Waals surface area contributed by atoms with Gasteiger partial charge in [-0.15, -0.1) is 0 Å². The van der Waals surface area contributed by atoms with Crippen LogP contribution in [0.15, 0.2) is 68.4 Å². The van der Waals surface area contributed by atoms with Gasteiger partial charge in [-0.1, -0.05) is 41.4 Å². The molecule has 0 radical (unpaired) electrons. The Morgan fingerprint density at radius 1 is 1.03 bits per heavy atom. The van der Waals surface area contributed by atoms with Gasteiger partial charge < -0.3 is 4.74 Å². The third kappa shape index (κ3) is 5.69. The van der Waals surface area contributed by atoms with E-state index in [2.05, 4.69) is 31.9 Å². The molecule has 0 saturated carbocycles. The van der Waals surface area contributed by atoms with Crippen LogP contribution in [0.4, 0.5) is 9.18 Å². The van der Waals surface area contributed by atoms with Crippen LogP contribution >= 0.6 is 66.8 Å². The molecule has 2 amide bonds. The minimum absolute atomic E-state index is 0.0976. The summed E-state index contributed by atoms with van der Waals surface area (Å²) in [5.41, 5.74) is 1.73.